The SMILES string of the molecule is Cc1nn(-c2ccccc2)c(C)c1C=CC(=O)N1CCC(C(=O)N(C)C)CC1. The molecule has 1 aliphatic rings. The Bertz CT molecular complexity index is 875. The van der Waals surface area contributed by atoms with Gasteiger partial charge in [0.2, 0.25) is 11.8 Å². The zero-order valence-electron chi connectivity index (χ0n) is 17.1. The highest BCUT2D eigenvalue weighted by Crippen LogP contribution is 2.21. The molecule has 6 heteroatoms. The molecule has 28 heavy (non-hydrogen) atoms. The van der Waals surface area contributed by atoms with E-state index in [0.29, 0.717) is 13.1 Å². The van der Waals surface area contributed by atoms with Crippen LogP contribution < -0.4 is 0 Å². The van der Waals surface area contributed by atoms with Crippen LogP contribution in [0.4, 0.5) is 0 Å². The Morgan fingerprint density at radius 2 is 1.75 bits per heavy atom. The topological polar surface area (TPSA) is 58.4 Å². The van der Waals surface area contributed by atoms with Crippen molar-refractivity contribution in [2.24, 2.45) is 5.92 Å². The molecule has 6 nitrogen and oxygen atoms in total. The molecule has 1 fully saturated rings. The molecule has 1 aromatic heterocycles. The van der Waals surface area contributed by atoms with E-state index in [2.05, 4.69) is 5.10 Å². The van der Waals surface area contributed by atoms with Gasteiger partial charge in [0.15, 0.2) is 0 Å². The van der Waals surface area contributed by atoms with Crippen LogP contribution in [0.15, 0.2) is 36.4 Å². The Labute approximate surface area is 166 Å². The van der Waals surface area contributed by atoms with Crippen molar-refractivity contribution >= 4 is 17.9 Å². The summed E-state index contributed by atoms with van der Waals surface area (Å²) in [7, 11) is 3.56. The molecule has 148 valence electrons. The second-order valence-electron chi connectivity index (χ2n) is 7.50. The normalized spacial score (nSPS) is 15.2. The number of amides is 2. The van der Waals surface area contributed by atoms with E-state index >= 15 is 0 Å². The Morgan fingerprint density at radius 1 is 1.11 bits per heavy atom. The number of carbonyl (C=O) groups is 2. The quantitative estimate of drug-likeness (QED) is 0.767. The molecule has 0 aliphatic carbocycles. The van der Waals surface area contributed by atoms with Crippen molar-refractivity contribution in [3.63, 3.8) is 0 Å². The van der Waals surface area contributed by atoms with Gasteiger partial charge in [-0.2, -0.15) is 5.10 Å². The molecular weight excluding hydrogens is 352 g/mol. The van der Waals surface area contributed by atoms with Crippen molar-refractivity contribution in [3.8, 4) is 5.69 Å². The molecule has 0 bridgehead atoms. The standard InChI is InChI=1S/C22H28N4O2/c1-16-20(17(2)26(23-16)19-8-6-5-7-9-19)10-11-21(27)25-14-12-18(13-15-25)22(28)24(3)4/h5-11,18H,12-15H2,1-4H3. The summed E-state index contributed by atoms with van der Waals surface area (Å²) in [5.41, 5.74) is 3.86. The van der Waals surface area contributed by atoms with Crippen LogP contribution in [0.25, 0.3) is 11.8 Å². The van der Waals surface area contributed by atoms with Crippen LogP contribution in [0.2, 0.25) is 0 Å². The molecule has 0 N–H and O–H groups in total. The number of carbonyl (C=O) groups excluding carboxylic acids is 2. The summed E-state index contributed by atoms with van der Waals surface area (Å²) < 4.78 is 1.90. The first kappa shape index (κ1) is 19.9. The van der Waals surface area contributed by atoms with Gasteiger partial charge in [-0.25, -0.2) is 4.68 Å². The molecule has 0 saturated carbocycles. The van der Waals surface area contributed by atoms with E-state index in [4.69, 9.17) is 0 Å². The second kappa shape index (κ2) is 8.42. The van der Waals surface area contributed by atoms with E-state index in [-0.39, 0.29) is 17.7 Å². The van der Waals surface area contributed by atoms with E-state index in [9.17, 15) is 9.59 Å². The third-order valence-electron chi connectivity index (χ3n) is 5.34. The molecule has 1 saturated heterocycles. The second-order valence-corrected chi connectivity index (χ2v) is 7.50. The fraction of sp³-hybridized carbons (Fsp3) is 0.409. The molecule has 0 unspecified atom stereocenters. The molecular formula is C22H28N4O2. The number of hydrogen-bond acceptors (Lipinski definition) is 3. The summed E-state index contributed by atoms with van der Waals surface area (Å²) in [6.45, 7) is 5.20. The average molecular weight is 380 g/mol. The smallest absolute Gasteiger partial charge is 0.246 e. The van der Waals surface area contributed by atoms with Gasteiger partial charge in [-0.1, -0.05) is 18.2 Å². The van der Waals surface area contributed by atoms with Gasteiger partial charge in [0.1, 0.15) is 0 Å². The lowest BCUT2D eigenvalue weighted by Crippen LogP contribution is -2.42. The predicted molar refractivity (Wildman–Crippen MR) is 110 cm³/mol. The van der Waals surface area contributed by atoms with Crippen molar-refractivity contribution in [2.75, 3.05) is 27.2 Å². The third kappa shape index (κ3) is 4.16. The van der Waals surface area contributed by atoms with Crippen molar-refractivity contribution in [1.82, 2.24) is 19.6 Å². The Kier molecular flexibility index (Phi) is 5.97. The molecule has 2 heterocycles. The minimum absolute atomic E-state index is 0.0120. The van der Waals surface area contributed by atoms with Gasteiger partial charge in [0.05, 0.1) is 11.4 Å². The van der Waals surface area contributed by atoms with Gasteiger partial charge in [0.25, 0.3) is 0 Å². The highest BCUT2D eigenvalue weighted by Gasteiger charge is 2.27. The number of nitrogens with zero attached hydrogens (tertiary/aromatic N) is 4. The van der Waals surface area contributed by atoms with E-state index in [1.807, 2.05) is 59.8 Å². The molecule has 0 atom stereocenters. The molecule has 0 radical (unpaired) electrons. The van der Waals surface area contributed by atoms with Crippen molar-refractivity contribution in [2.45, 2.75) is 26.7 Å². The monoisotopic (exact) mass is 380 g/mol. The molecule has 0 spiro atoms. The number of benzene rings is 1. The van der Waals surface area contributed by atoms with Crippen LogP contribution in [-0.4, -0.2) is 58.6 Å². The fourth-order valence-corrected chi connectivity index (χ4v) is 3.69. The lowest BCUT2D eigenvalue weighted by molar-refractivity contribution is -0.137. The first-order valence-corrected chi connectivity index (χ1v) is 9.68. The van der Waals surface area contributed by atoms with Crippen molar-refractivity contribution in [1.29, 1.82) is 0 Å². The van der Waals surface area contributed by atoms with Crippen molar-refractivity contribution in [3.05, 3.63) is 53.4 Å². The maximum atomic E-state index is 12.6. The summed E-state index contributed by atoms with van der Waals surface area (Å²) in [6, 6.07) is 9.96. The third-order valence-corrected chi connectivity index (χ3v) is 5.34. The van der Waals surface area contributed by atoms with Crippen molar-refractivity contribution < 1.29 is 9.59 Å². The lowest BCUT2D eigenvalue weighted by atomic mass is 9.95. The number of piperidine rings is 1. The van der Waals surface area contributed by atoms with Crippen LogP contribution in [-0.2, 0) is 9.59 Å². The first-order chi connectivity index (χ1) is 13.4. The van der Waals surface area contributed by atoms with Gasteiger partial charge < -0.3 is 9.80 Å². The van der Waals surface area contributed by atoms with Gasteiger partial charge >= 0.3 is 0 Å². The molecule has 3 rings (SSSR count). The Balaban J connectivity index is 1.67. The van der Waals surface area contributed by atoms with Crippen LogP contribution in [0, 0.1) is 19.8 Å². The number of para-hydroxylation sites is 1. The van der Waals surface area contributed by atoms with Gasteiger partial charge in [0, 0.05) is 50.4 Å². The lowest BCUT2D eigenvalue weighted by Gasteiger charge is -2.31. The Morgan fingerprint density at radius 3 is 2.36 bits per heavy atom. The molecule has 1 aliphatic heterocycles. The number of hydrogen-bond donors (Lipinski definition) is 0. The predicted octanol–water partition coefficient (Wildman–Crippen LogP) is 2.83. The number of aromatic nitrogens is 2. The maximum absolute atomic E-state index is 12.6. The zero-order chi connectivity index (χ0) is 20.3. The number of likely N-dealkylation sites (tertiary alicyclic amines) is 1. The first-order valence-electron chi connectivity index (χ1n) is 9.68. The van der Waals surface area contributed by atoms with Gasteiger partial charge in [-0.05, 0) is 44.9 Å². The summed E-state index contributed by atoms with van der Waals surface area (Å²) >= 11 is 0. The fourth-order valence-electron chi connectivity index (χ4n) is 3.69. The zero-order valence-corrected chi connectivity index (χ0v) is 17.1. The summed E-state index contributed by atoms with van der Waals surface area (Å²) in [5.74, 6) is 0.167. The number of aryl methyl sites for hydroxylation is 1. The highest BCUT2D eigenvalue weighted by molar-refractivity contribution is 5.92. The highest BCUT2D eigenvalue weighted by atomic mass is 16.2. The average Bonchev–Trinajstić information content (AvgIpc) is 3.00. The summed E-state index contributed by atoms with van der Waals surface area (Å²) in [6.07, 6.45) is 4.93. The van der Waals surface area contributed by atoms with Crippen LogP contribution >= 0.6 is 0 Å². The van der Waals surface area contributed by atoms with Crippen LogP contribution in [0.3, 0.4) is 0 Å². The molecule has 2 aromatic rings. The van der Waals surface area contributed by atoms with Crippen LogP contribution in [0.5, 0.6) is 0 Å². The minimum Gasteiger partial charge on any atom is -0.349 e. The van der Waals surface area contributed by atoms with E-state index in [1.165, 1.54) is 0 Å². The Hall–Kier alpha value is -2.89. The largest absolute Gasteiger partial charge is 0.349 e. The van der Waals surface area contributed by atoms with E-state index in [1.54, 1.807) is 25.1 Å². The van der Waals surface area contributed by atoms with E-state index < -0.39 is 0 Å². The van der Waals surface area contributed by atoms with Gasteiger partial charge in [-0.15, -0.1) is 0 Å². The molecule has 1 aromatic carbocycles. The van der Waals surface area contributed by atoms with E-state index in [0.717, 1.165) is 35.5 Å². The minimum atomic E-state index is -0.0120. The maximum Gasteiger partial charge on any atom is 0.246 e. The van der Waals surface area contributed by atoms with Crippen LogP contribution in [0.1, 0.15) is 29.8 Å². The summed E-state index contributed by atoms with van der Waals surface area (Å²) in [4.78, 5) is 28.1. The number of rotatable bonds is 4. The molecule has 2 amide bonds. The van der Waals surface area contributed by atoms with Gasteiger partial charge in [-0.3, -0.25) is 9.59 Å². The summed E-state index contributed by atoms with van der Waals surface area (Å²) in [5, 5.41) is 4.62.